The molecule has 0 spiro atoms. The van der Waals surface area contributed by atoms with Crippen molar-refractivity contribution in [1.29, 1.82) is 0 Å². The fourth-order valence-corrected chi connectivity index (χ4v) is 2.49. The van der Waals surface area contributed by atoms with Gasteiger partial charge in [0.1, 0.15) is 0 Å². The van der Waals surface area contributed by atoms with Gasteiger partial charge in [0.25, 0.3) is 0 Å². The van der Waals surface area contributed by atoms with Crippen LogP contribution in [-0.2, 0) is 11.3 Å². The number of nitrogens with zero attached hydrogens (tertiary/aromatic N) is 1. The molecule has 1 unspecified atom stereocenters. The van der Waals surface area contributed by atoms with Crippen LogP contribution in [0.15, 0.2) is 30.3 Å². The predicted octanol–water partition coefficient (Wildman–Crippen LogP) is 2.30. The third-order valence-electron chi connectivity index (χ3n) is 3.74. The van der Waals surface area contributed by atoms with E-state index in [1.54, 1.807) is 0 Å². The van der Waals surface area contributed by atoms with Crippen molar-refractivity contribution in [3.63, 3.8) is 0 Å². The lowest BCUT2D eigenvalue weighted by Crippen LogP contribution is -2.36. The second-order valence-corrected chi connectivity index (χ2v) is 5.67. The van der Waals surface area contributed by atoms with E-state index in [2.05, 4.69) is 11.9 Å². The molecule has 2 rings (SSSR count). The van der Waals surface area contributed by atoms with E-state index in [9.17, 15) is 5.11 Å². The van der Waals surface area contributed by atoms with Crippen molar-refractivity contribution in [2.45, 2.75) is 32.0 Å². The number of aliphatic hydroxyl groups is 1. The summed E-state index contributed by atoms with van der Waals surface area (Å²) in [5, 5.41) is 9.93. The highest BCUT2D eigenvalue weighted by Crippen LogP contribution is 2.26. The van der Waals surface area contributed by atoms with Gasteiger partial charge in [0, 0.05) is 13.1 Å². The van der Waals surface area contributed by atoms with Crippen LogP contribution in [0.2, 0.25) is 0 Å². The molecule has 1 N–H and O–H groups in total. The Morgan fingerprint density at radius 1 is 1.32 bits per heavy atom. The minimum atomic E-state index is -0.395. The van der Waals surface area contributed by atoms with Gasteiger partial charge in [-0.2, -0.15) is 0 Å². The summed E-state index contributed by atoms with van der Waals surface area (Å²) in [6.07, 6.45) is 3.69. The first kappa shape index (κ1) is 14.5. The Morgan fingerprint density at radius 3 is 2.68 bits per heavy atom. The van der Waals surface area contributed by atoms with E-state index in [-0.39, 0.29) is 0 Å². The van der Waals surface area contributed by atoms with E-state index in [0.29, 0.717) is 19.8 Å². The normalized spacial score (nSPS) is 17.4. The maximum atomic E-state index is 9.93. The van der Waals surface area contributed by atoms with Crippen LogP contribution in [0.3, 0.4) is 0 Å². The van der Waals surface area contributed by atoms with Gasteiger partial charge in [-0.25, -0.2) is 0 Å². The molecule has 0 aliphatic heterocycles. The van der Waals surface area contributed by atoms with E-state index in [0.717, 1.165) is 18.0 Å². The number of ether oxygens (including phenoxy) is 1. The number of hydrogen-bond donors (Lipinski definition) is 1. The topological polar surface area (TPSA) is 32.7 Å². The summed E-state index contributed by atoms with van der Waals surface area (Å²) in [7, 11) is 2.08. The van der Waals surface area contributed by atoms with Crippen molar-refractivity contribution in [2.75, 3.05) is 26.7 Å². The average Bonchev–Trinajstić information content (AvgIpc) is 2.35. The molecule has 0 bridgehead atoms. The van der Waals surface area contributed by atoms with Crippen LogP contribution in [0.5, 0.6) is 0 Å². The van der Waals surface area contributed by atoms with Crippen LogP contribution in [0.4, 0.5) is 0 Å². The molecular weight excluding hydrogens is 238 g/mol. The summed E-state index contributed by atoms with van der Waals surface area (Å²) in [6.45, 7) is 2.79. The SMILES string of the molecule is CN(CC(O)COCc1ccccc1)CC1CCC1. The Morgan fingerprint density at radius 2 is 2.05 bits per heavy atom. The second kappa shape index (κ2) is 7.63. The summed E-state index contributed by atoms with van der Waals surface area (Å²) < 4.78 is 5.55. The fraction of sp³-hybridized carbons (Fsp3) is 0.625. The number of rotatable bonds is 8. The first-order valence-corrected chi connectivity index (χ1v) is 7.22. The lowest BCUT2D eigenvalue weighted by Gasteiger charge is -2.31. The third-order valence-corrected chi connectivity index (χ3v) is 3.74. The molecule has 1 saturated carbocycles. The van der Waals surface area contributed by atoms with Crippen molar-refractivity contribution in [2.24, 2.45) is 5.92 Å². The molecule has 1 aliphatic carbocycles. The monoisotopic (exact) mass is 263 g/mol. The number of likely N-dealkylation sites (N-methyl/N-ethyl adjacent to an activating group) is 1. The Labute approximate surface area is 116 Å². The molecule has 0 heterocycles. The first-order chi connectivity index (χ1) is 9.24. The zero-order chi connectivity index (χ0) is 13.5. The summed E-state index contributed by atoms with van der Waals surface area (Å²) in [5.41, 5.74) is 1.15. The van der Waals surface area contributed by atoms with Gasteiger partial charge in [-0.1, -0.05) is 36.8 Å². The fourth-order valence-electron chi connectivity index (χ4n) is 2.49. The Hall–Kier alpha value is -0.900. The van der Waals surface area contributed by atoms with Crippen molar-refractivity contribution >= 4 is 0 Å². The molecule has 0 saturated heterocycles. The number of benzene rings is 1. The minimum absolute atomic E-state index is 0.395. The predicted molar refractivity (Wildman–Crippen MR) is 76.9 cm³/mol. The van der Waals surface area contributed by atoms with Crippen molar-refractivity contribution in [3.05, 3.63) is 35.9 Å². The molecule has 0 aromatic heterocycles. The molecule has 1 atom stereocenters. The van der Waals surface area contributed by atoms with Gasteiger partial charge in [0.2, 0.25) is 0 Å². The maximum Gasteiger partial charge on any atom is 0.0900 e. The zero-order valence-corrected chi connectivity index (χ0v) is 11.8. The first-order valence-electron chi connectivity index (χ1n) is 7.22. The van der Waals surface area contributed by atoms with Crippen molar-refractivity contribution in [1.82, 2.24) is 4.90 Å². The highest BCUT2D eigenvalue weighted by Gasteiger charge is 2.20. The largest absolute Gasteiger partial charge is 0.389 e. The van der Waals surface area contributed by atoms with Crippen molar-refractivity contribution < 1.29 is 9.84 Å². The van der Waals surface area contributed by atoms with Gasteiger partial charge in [0.15, 0.2) is 0 Å². The standard InChI is InChI=1S/C16H25NO2/c1-17(10-14-8-5-9-14)11-16(18)13-19-12-15-6-3-2-4-7-15/h2-4,6-7,14,16,18H,5,8-13H2,1H3. The molecule has 0 amide bonds. The quantitative estimate of drug-likeness (QED) is 0.781. The van der Waals surface area contributed by atoms with Crippen LogP contribution in [-0.4, -0.2) is 42.9 Å². The maximum absolute atomic E-state index is 9.93. The summed E-state index contributed by atoms with van der Waals surface area (Å²) in [4.78, 5) is 2.22. The van der Waals surface area contributed by atoms with Gasteiger partial charge >= 0.3 is 0 Å². The Balaban J connectivity index is 1.57. The van der Waals surface area contributed by atoms with Crippen LogP contribution in [0.1, 0.15) is 24.8 Å². The van der Waals surface area contributed by atoms with Crippen molar-refractivity contribution in [3.8, 4) is 0 Å². The van der Waals surface area contributed by atoms with Gasteiger partial charge < -0.3 is 14.7 Å². The molecule has 1 aromatic carbocycles. The van der Waals surface area contributed by atoms with Gasteiger partial charge in [-0.15, -0.1) is 0 Å². The van der Waals surface area contributed by atoms with E-state index in [1.165, 1.54) is 19.3 Å². The Bertz CT molecular complexity index is 351. The smallest absolute Gasteiger partial charge is 0.0900 e. The third kappa shape index (κ3) is 5.31. The highest BCUT2D eigenvalue weighted by atomic mass is 16.5. The van der Waals surface area contributed by atoms with Crippen LogP contribution in [0, 0.1) is 5.92 Å². The van der Waals surface area contributed by atoms with Crippen LogP contribution < -0.4 is 0 Å². The van der Waals surface area contributed by atoms with E-state index in [1.807, 2.05) is 30.3 Å². The summed E-state index contributed by atoms with van der Waals surface area (Å²) >= 11 is 0. The van der Waals surface area contributed by atoms with Crippen LogP contribution >= 0.6 is 0 Å². The highest BCUT2D eigenvalue weighted by molar-refractivity contribution is 5.13. The van der Waals surface area contributed by atoms with Gasteiger partial charge in [-0.3, -0.25) is 0 Å². The number of aliphatic hydroxyl groups excluding tert-OH is 1. The molecule has 106 valence electrons. The minimum Gasteiger partial charge on any atom is -0.389 e. The number of hydrogen-bond acceptors (Lipinski definition) is 3. The molecule has 1 aromatic rings. The average molecular weight is 263 g/mol. The Kier molecular flexibility index (Phi) is 5.83. The van der Waals surface area contributed by atoms with Gasteiger partial charge in [0.05, 0.1) is 19.3 Å². The van der Waals surface area contributed by atoms with E-state index >= 15 is 0 Å². The molecule has 3 nitrogen and oxygen atoms in total. The summed E-state index contributed by atoms with van der Waals surface area (Å²) in [5.74, 6) is 0.849. The molecule has 1 aliphatic rings. The van der Waals surface area contributed by atoms with Crippen LogP contribution in [0.25, 0.3) is 0 Å². The lowest BCUT2D eigenvalue weighted by molar-refractivity contribution is 0.0100. The molecule has 19 heavy (non-hydrogen) atoms. The molecular formula is C16H25NO2. The van der Waals surface area contributed by atoms with E-state index in [4.69, 9.17) is 4.74 Å². The molecule has 0 radical (unpaired) electrons. The van der Waals surface area contributed by atoms with E-state index < -0.39 is 6.10 Å². The van der Waals surface area contributed by atoms with Gasteiger partial charge in [-0.05, 0) is 31.4 Å². The molecule has 3 heteroatoms. The summed E-state index contributed by atoms with van der Waals surface area (Å²) in [6, 6.07) is 10.1. The second-order valence-electron chi connectivity index (χ2n) is 5.67. The zero-order valence-electron chi connectivity index (χ0n) is 11.8. The molecule has 1 fully saturated rings. The lowest BCUT2D eigenvalue weighted by atomic mass is 9.85.